The Morgan fingerprint density at radius 1 is 1.17 bits per heavy atom. The number of nitrogens with zero attached hydrogens (tertiary/aromatic N) is 2. The fraction of sp³-hybridized carbons (Fsp3) is 0.217. The highest BCUT2D eigenvalue weighted by Gasteiger charge is 2.77. The molecule has 4 atom stereocenters. The molecule has 4 nitrogen and oxygen atoms in total. The van der Waals surface area contributed by atoms with Crippen LogP contribution < -0.4 is 4.74 Å². The highest BCUT2D eigenvalue weighted by molar-refractivity contribution is 9.10. The number of benzene rings is 2. The van der Waals surface area contributed by atoms with Crippen molar-refractivity contribution in [2.75, 3.05) is 0 Å². The summed E-state index contributed by atoms with van der Waals surface area (Å²) >= 11 is 9.65. The summed E-state index contributed by atoms with van der Waals surface area (Å²) in [6.45, 7) is 7.84. The summed E-state index contributed by atoms with van der Waals surface area (Å²) in [4.78, 5) is 8.25. The van der Waals surface area contributed by atoms with E-state index in [1.54, 1.807) is 6.07 Å². The van der Waals surface area contributed by atoms with Gasteiger partial charge in [0.15, 0.2) is 5.60 Å². The molecule has 1 saturated carbocycles. The number of aliphatic hydroxyl groups is 1. The topological polar surface area (TPSA) is 46.7 Å². The van der Waals surface area contributed by atoms with Gasteiger partial charge in [0.05, 0.1) is 5.02 Å². The Morgan fingerprint density at radius 3 is 2.59 bits per heavy atom. The van der Waals surface area contributed by atoms with Crippen molar-refractivity contribution in [1.29, 1.82) is 0 Å². The van der Waals surface area contributed by atoms with Crippen LogP contribution in [0.2, 0.25) is 5.02 Å². The van der Waals surface area contributed by atoms with Crippen molar-refractivity contribution in [3.05, 3.63) is 105 Å². The molecule has 0 bridgehead atoms. The molecule has 0 spiro atoms. The van der Waals surface area contributed by atoms with Gasteiger partial charge in [-0.1, -0.05) is 70.0 Å². The zero-order chi connectivity index (χ0) is 20.2. The van der Waals surface area contributed by atoms with Crippen LogP contribution in [0.5, 0.6) is 5.75 Å². The number of rotatable bonds is 2. The van der Waals surface area contributed by atoms with Crippen molar-refractivity contribution < 1.29 is 9.84 Å². The normalized spacial score (nSPS) is 29.6. The van der Waals surface area contributed by atoms with Crippen LogP contribution in [0.3, 0.4) is 0 Å². The second-order valence-electron chi connectivity index (χ2n) is 7.46. The summed E-state index contributed by atoms with van der Waals surface area (Å²) < 4.78 is 7.50. The lowest BCUT2D eigenvalue weighted by Crippen LogP contribution is -2.51. The third-order valence-corrected chi connectivity index (χ3v) is 6.82. The first-order chi connectivity index (χ1) is 14.0. The predicted octanol–water partition coefficient (Wildman–Crippen LogP) is 5.45. The molecule has 1 fully saturated rings. The molecule has 0 unspecified atom stereocenters. The third kappa shape index (κ3) is 2.43. The fourth-order valence-electron chi connectivity index (χ4n) is 4.89. The smallest absolute Gasteiger partial charge is 0.262 e. The van der Waals surface area contributed by atoms with Crippen molar-refractivity contribution in [1.82, 2.24) is 4.98 Å². The Morgan fingerprint density at radius 2 is 1.90 bits per heavy atom. The van der Waals surface area contributed by atoms with E-state index in [4.69, 9.17) is 22.9 Å². The summed E-state index contributed by atoms with van der Waals surface area (Å²) in [5.41, 5.74) is -0.576. The first-order valence-corrected chi connectivity index (χ1v) is 10.4. The molecule has 6 heteroatoms. The molecule has 0 amide bonds. The molecule has 5 rings (SSSR count). The van der Waals surface area contributed by atoms with Gasteiger partial charge in [0.2, 0.25) is 5.60 Å². The molecule has 1 N–H and O–H groups in total. The van der Waals surface area contributed by atoms with Gasteiger partial charge in [0, 0.05) is 29.1 Å². The lowest BCUT2D eigenvalue weighted by molar-refractivity contribution is -0.109. The number of hydrogen-bond donors (Lipinski definition) is 1. The largest absolute Gasteiger partial charge is 0.476 e. The van der Waals surface area contributed by atoms with Crippen LogP contribution >= 0.6 is 27.5 Å². The number of pyridine rings is 1. The van der Waals surface area contributed by atoms with E-state index in [9.17, 15) is 5.11 Å². The molecule has 2 aliphatic rings. The molecule has 29 heavy (non-hydrogen) atoms. The van der Waals surface area contributed by atoms with Gasteiger partial charge in [-0.3, -0.25) is 4.98 Å². The molecule has 0 saturated heterocycles. The minimum absolute atomic E-state index is 0.234. The molecule has 0 radical (unpaired) electrons. The summed E-state index contributed by atoms with van der Waals surface area (Å²) in [6, 6.07) is 18.6. The van der Waals surface area contributed by atoms with Gasteiger partial charge in [-0.15, -0.1) is 0 Å². The zero-order valence-electron chi connectivity index (χ0n) is 15.2. The Labute approximate surface area is 182 Å². The quantitative estimate of drug-likeness (QED) is 0.510. The summed E-state index contributed by atoms with van der Waals surface area (Å²) in [5, 5.41) is 12.6. The highest BCUT2D eigenvalue weighted by Crippen LogP contribution is 2.66. The van der Waals surface area contributed by atoms with Crippen molar-refractivity contribution in [3.63, 3.8) is 0 Å². The summed E-state index contributed by atoms with van der Waals surface area (Å²) in [7, 11) is 0. The maximum atomic E-state index is 12.2. The molecular weight excluding hydrogens is 452 g/mol. The SMILES string of the molecule is [C-]#[N+][C@@H]1C[C@@H](c2ccccc2)[C@]2(c3ccc(Br)cc3)Oc3cc(Cl)cnc3[C@]12O. The predicted molar refractivity (Wildman–Crippen MR) is 114 cm³/mol. The Hall–Kier alpha value is -2.39. The number of ether oxygens (including phenoxy) is 1. The molecule has 1 aliphatic heterocycles. The van der Waals surface area contributed by atoms with Crippen LogP contribution in [0.25, 0.3) is 4.85 Å². The van der Waals surface area contributed by atoms with Crippen LogP contribution in [0.4, 0.5) is 0 Å². The second-order valence-corrected chi connectivity index (χ2v) is 8.81. The van der Waals surface area contributed by atoms with Crippen molar-refractivity contribution in [2.24, 2.45) is 0 Å². The van der Waals surface area contributed by atoms with Crippen LogP contribution in [0.15, 0.2) is 71.3 Å². The lowest BCUT2D eigenvalue weighted by Gasteiger charge is -2.38. The molecular formula is C23H16BrClN2O2. The maximum Gasteiger partial charge on any atom is 0.262 e. The van der Waals surface area contributed by atoms with E-state index in [0.29, 0.717) is 22.9 Å². The maximum absolute atomic E-state index is 12.2. The van der Waals surface area contributed by atoms with Gasteiger partial charge in [-0.05, 0) is 23.3 Å². The van der Waals surface area contributed by atoms with E-state index in [2.05, 4.69) is 25.8 Å². The Kier molecular flexibility index (Phi) is 4.22. The first-order valence-electron chi connectivity index (χ1n) is 9.25. The minimum Gasteiger partial charge on any atom is -0.476 e. The average molecular weight is 468 g/mol. The molecule has 2 heterocycles. The van der Waals surface area contributed by atoms with Gasteiger partial charge in [-0.2, -0.15) is 0 Å². The first kappa shape index (κ1) is 18.6. The molecule has 3 aromatic rings. The van der Waals surface area contributed by atoms with E-state index in [0.717, 1.165) is 15.6 Å². The molecule has 1 aliphatic carbocycles. The number of halogens is 2. The highest BCUT2D eigenvalue weighted by atomic mass is 79.9. The van der Waals surface area contributed by atoms with E-state index in [1.165, 1.54) is 6.20 Å². The minimum atomic E-state index is -1.59. The number of aromatic nitrogens is 1. The summed E-state index contributed by atoms with van der Waals surface area (Å²) in [5.74, 6) is 0.194. The van der Waals surface area contributed by atoms with Gasteiger partial charge in [0.1, 0.15) is 11.4 Å². The Balaban J connectivity index is 1.83. The third-order valence-electron chi connectivity index (χ3n) is 6.08. The lowest BCUT2D eigenvalue weighted by atomic mass is 9.72. The van der Waals surface area contributed by atoms with E-state index in [-0.39, 0.29) is 5.92 Å². The van der Waals surface area contributed by atoms with Gasteiger partial charge in [0.25, 0.3) is 6.04 Å². The Bertz CT molecular complexity index is 1130. The van der Waals surface area contributed by atoms with Crippen molar-refractivity contribution in [3.8, 4) is 5.75 Å². The van der Waals surface area contributed by atoms with E-state index < -0.39 is 17.2 Å². The van der Waals surface area contributed by atoms with Crippen molar-refractivity contribution in [2.45, 2.75) is 29.6 Å². The summed E-state index contributed by atoms with van der Waals surface area (Å²) in [6.07, 6.45) is 1.96. The monoisotopic (exact) mass is 466 g/mol. The van der Waals surface area contributed by atoms with Crippen LogP contribution in [0.1, 0.15) is 29.2 Å². The number of hydrogen-bond acceptors (Lipinski definition) is 3. The van der Waals surface area contributed by atoms with Crippen LogP contribution in [-0.2, 0) is 11.2 Å². The molecule has 144 valence electrons. The molecule has 2 aromatic carbocycles. The van der Waals surface area contributed by atoms with Gasteiger partial charge >= 0.3 is 0 Å². The van der Waals surface area contributed by atoms with E-state index >= 15 is 0 Å². The fourth-order valence-corrected chi connectivity index (χ4v) is 5.31. The van der Waals surface area contributed by atoms with Crippen LogP contribution in [0, 0.1) is 6.57 Å². The molecule has 1 aromatic heterocycles. The van der Waals surface area contributed by atoms with Gasteiger partial charge < -0.3 is 14.7 Å². The van der Waals surface area contributed by atoms with Crippen molar-refractivity contribution >= 4 is 27.5 Å². The second kappa shape index (κ2) is 6.56. The number of fused-ring (bicyclic) bond motifs is 3. The van der Waals surface area contributed by atoms with E-state index in [1.807, 2.05) is 54.6 Å². The standard InChI is InChI=1S/C23H16BrClN2O2/c1-26-20-12-18(14-5-3-2-4-6-14)23(15-7-9-16(24)10-8-15)22(20,28)21-19(29-23)11-17(25)13-27-21/h2-11,13,18,20,28H,12H2/t18-,20+,22+,23-/m0/s1. The van der Waals surface area contributed by atoms with Crippen LogP contribution in [-0.4, -0.2) is 16.1 Å². The average Bonchev–Trinajstić information content (AvgIpc) is 3.13. The zero-order valence-corrected chi connectivity index (χ0v) is 17.6. The van der Waals surface area contributed by atoms with Gasteiger partial charge in [-0.25, -0.2) is 6.57 Å².